The maximum absolute atomic E-state index is 13.4. The van der Waals surface area contributed by atoms with E-state index in [0.29, 0.717) is 25.3 Å². The van der Waals surface area contributed by atoms with Gasteiger partial charge in [-0.15, -0.1) is 0 Å². The fourth-order valence-electron chi connectivity index (χ4n) is 5.20. The first-order chi connectivity index (χ1) is 17.4. The second kappa shape index (κ2) is 9.79. The number of aromatic nitrogens is 1. The molecule has 1 aliphatic carbocycles. The summed E-state index contributed by atoms with van der Waals surface area (Å²) in [4.78, 5) is 46.3. The number of aldehydes is 1. The standard InChI is InChI=1S/C27H32N4O5/c1-30-12-6-4-3-5-7-19-15-27(19,17-32)29-24(33)23-14-21(16-31(23)26(30)34)36-25-22-9-8-20(35-2)13-18(22)10-11-28-25/h5,7-11,13,17,19,21,23H,3-4,6,12,14-16H2,1-2H3,(H,29,33)/b7-5-/t19-,21-,23+,27+/m1/s1. The Kier molecular flexibility index (Phi) is 6.55. The van der Waals surface area contributed by atoms with Gasteiger partial charge < -0.3 is 29.4 Å². The Labute approximate surface area is 210 Å². The molecule has 1 saturated heterocycles. The van der Waals surface area contributed by atoms with Crippen LogP contribution in [-0.2, 0) is 9.59 Å². The summed E-state index contributed by atoms with van der Waals surface area (Å²) >= 11 is 0. The molecule has 1 N–H and O–H groups in total. The summed E-state index contributed by atoms with van der Waals surface area (Å²) in [6, 6.07) is 6.58. The molecular weight excluding hydrogens is 460 g/mol. The fraction of sp³-hybridized carbons (Fsp3) is 0.481. The summed E-state index contributed by atoms with van der Waals surface area (Å²) in [6.07, 6.45) is 9.80. The molecule has 2 aromatic rings. The lowest BCUT2D eigenvalue weighted by Crippen LogP contribution is -2.53. The van der Waals surface area contributed by atoms with Gasteiger partial charge in [-0.05, 0) is 55.3 Å². The number of fused-ring (bicyclic) bond motifs is 3. The van der Waals surface area contributed by atoms with E-state index in [2.05, 4.69) is 16.4 Å². The van der Waals surface area contributed by atoms with Gasteiger partial charge >= 0.3 is 6.03 Å². The number of amides is 3. The molecule has 0 unspecified atom stereocenters. The molecule has 9 heteroatoms. The molecule has 190 valence electrons. The maximum atomic E-state index is 13.4. The van der Waals surface area contributed by atoms with Crippen molar-refractivity contribution in [2.24, 2.45) is 5.92 Å². The monoisotopic (exact) mass is 492 g/mol. The number of hydrogen-bond donors (Lipinski definition) is 1. The van der Waals surface area contributed by atoms with E-state index in [1.807, 2.05) is 30.3 Å². The summed E-state index contributed by atoms with van der Waals surface area (Å²) in [5, 5.41) is 4.70. The number of nitrogens with zero attached hydrogens (tertiary/aromatic N) is 3. The Balaban J connectivity index is 1.40. The highest BCUT2D eigenvalue weighted by Crippen LogP contribution is 2.43. The number of methoxy groups -OCH3 is 1. The van der Waals surface area contributed by atoms with Crippen molar-refractivity contribution >= 4 is 29.0 Å². The minimum absolute atomic E-state index is 0.000889. The number of carbonyl (C=O) groups excluding carboxylic acids is 3. The molecule has 0 bridgehead atoms. The van der Waals surface area contributed by atoms with Gasteiger partial charge in [0.25, 0.3) is 0 Å². The summed E-state index contributed by atoms with van der Waals surface area (Å²) < 4.78 is 11.6. The maximum Gasteiger partial charge on any atom is 0.320 e. The van der Waals surface area contributed by atoms with Crippen LogP contribution in [0, 0.1) is 5.92 Å². The third-order valence-electron chi connectivity index (χ3n) is 7.46. The van der Waals surface area contributed by atoms with Gasteiger partial charge in [0, 0.05) is 37.5 Å². The average Bonchev–Trinajstić information content (AvgIpc) is 3.40. The van der Waals surface area contributed by atoms with Crippen molar-refractivity contribution in [1.82, 2.24) is 20.1 Å². The molecule has 9 nitrogen and oxygen atoms in total. The van der Waals surface area contributed by atoms with Crippen molar-refractivity contribution in [2.75, 3.05) is 27.2 Å². The lowest BCUT2D eigenvalue weighted by molar-refractivity contribution is -0.128. The number of pyridine rings is 1. The number of benzene rings is 1. The van der Waals surface area contributed by atoms with Crippen LogP contribution in [0.25, 0.3) is 10.8 Å². The van der Waals surface area contributed by atoms with Crippen LogP contribution in [0.4, 0.5) is 4.79 Å². The predicted molar refractivity (Wildman–Crippen MR) is 134 cm³/mol. The Hall–Kier alpha value is -3.62. The van der Waals surface area contributed by atoms with E-state index in [1.54, 1.807) is 30.2 Å². The van der Waals surface area contributed by atoms with Crippen molar-refractivity contribution in [3.8, 4) is 11.6 Å². The number of carbonyl (C=O) groups is 3. The number of ether oxygens (including phenoxy) is 2. The average molecular weight is 493 g/mol. The molecule has 2 aliphatic heterocycles. The Morgan fingerprint density at radius 1 is 1.22 bits per heavy atom. The highest BCUT2D eigenvalue weighted by molar-refractivity contribution is 5.92. The molecule has 36 heavy (non-hydrogen) atoms. The number of allylic oxidation sites excluding steroid dienone is 1. The zero-order valence-electron chi connectivity index (χ0n) is 20.7. The van der Waals surface area contributed by atoms with Gasteiger partial charge in [0.2, 0.25) is 11.8 Å². The molecule has 0 spiro atoms. The largest absolute Gasteiger partial charge is 0.497 e. The highest BCUT2D eigenvalue weighted by Gasteiger charge is 2.55. The quantitative estimate of drug-likeness (QED) is 0.520. The van der Waals surface area contributed by atoms with Crippen molar-refractivity contribution in [2.45, 2.75) is 49.8 Å². The summed E-state index contributed by atoms with van der Waals surface area (Å²) in [7, 11) is 3.38. The van der Waals surface area contributed by atoms with Crippen LogP contribution < -0.4 is 14.8 Å². The SMILES string of the molecule is COc1ccc2c(O[C@@H]3C[C@H]4C(=O)N[C@]5(C=O)C[C@H]5/C=C\CCCCN(C)C(=O)N4C3)nccc2c1. The van der Waals surface area contributed by atoms with E-state index < -0.39 is 17.7 Å². The molecule has 4 atom stereocenters. The van der Waals surface area contributed by atoms with Crippen LogP contribution >= 0.6 is 0 Å². The number of hydrogen-bond acceptors (Lipinski definition) is 6. The highest BCUT2D eigenvalue weighted by atomic mass is 16.5. The first-order valence-corrected chi connectivity index (χ1v) is 12.5. The van der Waals surface area contributed by atoms with E-state index in [0.717, 1.165) is 42.1 Å². The normalized spacial score (nSPS) is 29.6. The lowest BCUT2D eigenvalue weighted by Gasteiger charge is -2.29. The van der Waals surface area contributed by atoms with Gasteiger partial charge in [0.1, 0.15) is 29.7 Å². The van der Waals surface area contributed by atoms with E-state index in [1.165, 1.54) is 0 Å². The van der Waals surface area contributed by atoms with Crippen LogP contribution in [0.15, 0.2) is 42.6 Å². The smallest absolute Gasteiger partial charge is 0.320 e. The Morgan fingerprint density at radius 2 is 2.08 bits per heavy atom. The molecule has 1 aromatic heterocycles. The second-order valence-corrected chi connectivity index (χ2v) is 9.93. The first-order valence-electron chi connectivity index (χ1n) is 12.5. The molecule has 1 saturated carbocycles. The van der Waals surface area contributed by atoms with Crippen molar-refractivity contribution in [1.29, 1.82) is 0 Å². The number of nitrogens with one attached hydrogen (secondary N) is 1. The summed E-state index contributed by atoms with van der Waals surface area (Å²) in [5.41, 5.74) is -0.881. The number of rotatable bonds is 4. The van der Waals surface area contributed by atoms with Crippen LogP contribution in [-0.4, -0.2) is 77.9 Å². The molecule has 3 aliphatic rings. The van der Waals surface area contributed by atoms with Gasteiger partial charge in [0.05, 0.1) is 13.7 Å². The molecule has 3 heterocycles. The molecule has 2 fully saturated rings. The zero-order chi connectivity index (χ0) is 25.3. The lowest BCUT2D eigenvalue weighted by atomic mass is 10.1. The second-order valence-electron chi connectivity index (χ2n) is 9.93. The first kappa shape index (κ1) is 24.1. The minimum atomic E-state index is -0.881. The molecule has 5 rings (SSSR count). The minimum Gasteiger partial charge on any atom is -0.497 e. The van der Waals surface area contributed by atoms with E-state index in [-0.39, 0.29) is 24.4 Å². The van der Waals surface area contributed by atoms with Gasteiger partial charge in [-0.1, -0.05) is 12.2 Å². The van der Waals surface area contributed by atoms with Crippen LogP contribution in [0.3, 0.4) is 0 Å². The summed E-state index contributed by atoms with van der Waals surface area (Å²) in [6.45, 7) is 0.865. The molecule has 1 aromatic carbocycles. The molecule has 3 amide bonds. The fourth-order valence-corrected chi connectivity index (χ4v) is 5.20. The molecule has 0 radical (unpaired) electrons. The van der Waals surface area contributed by atoms with Crippen LogP contribution in [0.5, 0.6) is 11.6 Å². The van der Waals surface area contributed by atoms with Gasteiger partial charge in [-0.3, -0.25) is 4.79 Å². The third kappa shape index (κ3) is 4.62. The third-order valence-corrected chi connectivity index (χ3v) is 7.46. The zero-order valence-corrected chi connectivity index (χ0v) is 20.7. The van der Waals surface area contributed by atoms with Gasteiger partial charge in [0.15, 0.2) is 0 Å². The van der Waals surface area contributed by atoms with E-state index in [4.69, 9.17) is 9.47 Å². The molecular formula is C27H32N4O5. The van der Waals surface area contributed by atoms with Crippen molar-refractivity contribution in [3.05, 3.63) is 42.6 Å². The van der Waals surface area contributed by atoms with Crippen LogP contribution in [0.1, 0.15) is 32.1 Å². The van der Waals surface area contributed by atoms with Gasteiger partial charge in [-0.25, -0.2) is 9.78 Å². The van der Waals surface area contributed by atoms with Gasteiger partial charge in [-0.2, -0.15) is 0 Å². The predicted octanol–water partition coefficient (Wildman–Crippen LogP) is 2.93. The number of urea groups is 1. The van der Waals surface area contributed by atoms with Crippen LogP contribution in [0.2, 0.25) is 0 Å². The van der Waals surface area contributed by atoms with Crippen molar-refractivity contribution < 1.29 is 23.9 Å². The topological polar surface area (TPSA) is 101 Å². The van der Waals surface area contributed by atoms with Crippen molar-refractivity contribution in [3.63, 3.8) is 0 Å². The van der Waals surface area contributed by atoms with E-state index in [9.17, 15) is 14.4 Å². The van der Waals surface area contributed by atoms with E-state index >= 15 is 0 Å². The summed E-state index contributed by atoms with van der Waals surface area (Å²) in [5.74, 6) is 0.862. The Morgan fingerprint density at radius 3 is 2.89 bits per heavy atom. The Bertz CT molecular complexity index is 1200.